The van der Waals surface area contributed by atoms with Gasteiger partial charge in [0, 0.05) is 28.6 Å². The second-order valence-corrected chi connectivity index (χ2v) is 6.40. The number of rotatable bonds is 10. The van der Waals surface area contributed by atoms with Gasteiger partial charge in [-0.3, -0.25) is 14.9 Å². The molecule has 0 spiro atoms. The van der Waals surface area contributed by atoms with E-state index in [9.17, 15) is 14.9 Å². The SMILES string of the molecule is O=C(c1ccc(OCCCCCCBr)cc1)c1ccc([N+](=O)[O-])cc1. The first-order valence-electron chi connectivity index (χ1n) is 8.20. The zero-order valence-corrected chi connectivity index (χ0v) is 15.4. The van der Waals surface area contributed by atoms with E-state index in [0.717, 1.165) is 23.9 Å². The lowest BCUT2D eigenvalue weighted by atomic mass is 10.0. The van der Waals surface area contributed by atoms with E-state index in [4.69, 9.17) is 4.74 Å². The highest BCUT2D eigenvalue weighted by molar-refractivity contribution is 9.09. The topological polar surface area (TPSA) is 69.4 Å². The van der Waals surface area contributed by atoms with E-state index in [1.807, 2.05) is 0 Å². The van der Waals surface area contributed by atoms with E-state index in [2.05, 4.69) is 15.9 Å². The normalized spacial score (nSPS) is 10.4. The van der Waals surface area contributed by atoms with Crippen molar-refractivity contribution in [2.24, 2.45) is 0 Å². The molecule has 2 rings (SSSR count). The molecule has 2 aromatic rings. The number of hydrogen-bond acceptors (Lipinski definition) is 4. The molecule has 25 heavy (non-hydrogen) atoms. The number of alkyl halides is 1. The summed E-state index contributed by atoms with van der Waals surface area (Å²) in [6.45, 7) is 0.665. The first-order chi connectivity index (χ1) is 12.1. The summed E-state index contributed by atoms with van der Waals surface area (Å²) in [6, 6.07) is 12.6. The molecule has 0 fully saturated rings. The van der Waals surface area contributed by atoms with Gasteiger partial charge in [-0.15, -0.1) is 0 Å². The van der Waals surface area contributed by atoms with E-state index in [1.54, 1.807) is 24.3 Å². The number of nitro benzene ring substituents is 1. The molecule has 0 aliphatic carbocycles. The van der Waals surface area contributed by atoms with Crippen LogP contribution in [-0.4, -0.2) is 22.6 Å². The second-order valence-electron chi connectivity index (χ2n) is 5.61. The van der Waals surface area contributed by atoms with Crippen molar-refractivity contribution in [1.82, 2.24) is 0 Å². The van der Waals surface area contributed by atoms with Crippen molar-refractivity contribution in [2.45, 2.75) is 25.7 Å². The number of ether oxygens (including phenoxy) is 1. The fourth-order valence-electron chi connectivity index (χ4n) is 2.34. The summed E-state index contributed by atoms with van der Waals surface area (Å²) in [4.78, 5) is 22.6. The Morgan fingerprint density at radius 3 is 2.04 bits per heavy atom. The van der Waals surface area contributed by atoms with Crippen LogP contribution in [0, 0.1) is 10.1 Å². The largest absolute Gasteiger partial charge is 0.494 e. The zero-order valence-electron chi connectivity index (χ0n) is 13.8. The van der Waals surface area contributed by atoms with Gasteiger partial charge in [0.25, 0.3) is 5.69 Å². The lowest BCUT2D eigenvalue weighted by Crippen LogP contribution is -2.02. The first-order valence-corrected chi connectivity index (χ1v) is 9.32. The number of non-ortho nitro benzene ring substituents is 1. The molecule has 6 heteroatoms. The van der Waals surface area contributed by atoms with Crippen LogP contribution in [0.25, 0.3) is 0 Å². The number of carbonyl (C=O) groups is 1. The highest BCUT2D eigenvalue weighted by Crippen LogP contribution is 2.18. The van der Waals surface area contributed by atoms with Crippen LogP contribution in [0.5, 0.6) is 5.75 Å². The zero-order chi connectivity index (χ0) is 18.1. The van der Waals surface area contributed by atoms with Crippen molar-refractivity contribution < 1.29 is 14.5 Å². The fourth-order valence-corrected chi connectivity index (χ4v) is 2.74. The molecule has 0 heterocycles. The van der Waals surface area contributed by atoms with E-state index in [-0.39, 0.29) is 11.5 Å². The average molecular weight is 406 g/mol. The van der Waals surface area contributed by atoms with Crippen LogP contribution < -0.4 is 4.74 Å². The Labute approximate surface area is 155 Å². The molecule has 0 atom stereocenters. The molecule has 0 aliphatic heterocycles. The summed E-state index contributed by atoms with van der Waals surface area (Å²) in [5, 5.41) is 11.7. The van der Waals surface area contributed by atoms with Gasteiger partial charge in [0.15, 0.2) is 5.78 Å². The van der Waals surface area contributed by atoms with Crippen molar-refractivity contribution in [3.63, 3.8) is 0 Å². The van der Waals surface area contributed by atoms with Gasteiger partial charge in [0.05, 0.1) is 11.5 Å². The van der Waals surface area contributed by atoms with Crippen LogP contribution in [0.1, 0.15) is 41.6 Å². The van der Waals surface area contributed by atoms with Crippen molar-refractivity contribution in [3.8, 4) is 5.75 Å². The van der Waals surface area contributed by atoms with Gasteiger partial charge in [-0.25, -0.2) is 0 Å². The van der Waals surface area contributed by atoms with Crippen LogP contribution in [0.3, 0.4) is 0 Å². The van der Waals surface area contributed by atoms with E-state index in [0.29, 0.717) is 17.7 Å². The van der Waals surface area contributed by atoms with Gasteiger partial charge in [-0.1, -0.05) is 28.8 Å². The van der Waals surface area contributed by atoms with Gasteiger partial charge in [-0.05, 0) is 49.2 Å². The number of carbonyl (C=O) groups excluding carboxylic acids is 1. The molecule has 5 nitrogen and oxygen atoms in total. The minimum atomic E-state index is -0.486. The number of halogens is 1. The molecule has 0 amide bonds. The Morgan fingerprint density at radius 2 is 1.48 bits per heavy atom. The number of ketones is 1. The number of hydrogen-bond donors (Lipinski definition) is 0. The molecule has 0 saturated carbocycles. The highest BCUT2D eigenvalue weighted by Gasteiger charge is 2.11. The fraction of sp³-hybridized carbons (Fsp3) is 0.316. The van der Waals surface area contributed by atoms with Crippen LogP contribution >= 0.6 is 15.9 Å². The molecular formula is C19H20BrNO4. The quantitative estimate of drug-likeness (QED) is 0.180. The molecule has 0 radical (unpaired) electrons. The summed E-state index contributed by atoms with van der Waals surface area (Å²) >= 11 is 3.41. The van der Waals surface area contributed by atoms with Crippen LogP contribution in [-0.2, 0) is 0 Å². The third-order valence-corrected chi connectivity index (χ3v) is 4.31. The Balaban J connectivity index is 1.88. The number of benzene rings is 2. The monoisotopic (exact) mass is 405 g/mol. The predicted molar refractivity (Wildman–Crippen MR) is 101 cm³/mol. The van der Waals surface area contributed by atoms with E-state index < -0.39 is 4.92 Å². The second kappa shape index (κ2) is 9.93. The molecule has 0 saturated heterocycles. The maximum absolute atomic E-state index is 12.4. The van der Waals surface area contributed by atoms with Gasteiger partial charge in [0.2, 0.25) is 0 Å². The molecule has 0 aromatic heterocycles. The standard InChI is InChI=1S/C19H20BrNO4/c20-13-3-1-2-4-14-25-18-11-7-16(8-12-18)19(22)15-5-9-17(10-6-15)21(23)24/h5-12H,1-4,13-14H2. The minimum absolute atomic E-state index is 0.0311. The summed E-state index contributed by atoms with van der Waals surface area (Å²) in [6.07, 6.45) is 4.52. The molecule has 0 bridgehead atoms. The molecule has 0 aliphatic rings. The van der Waals surface area contributed by atoms with Gasteiger partial charge in [0.1, 0.15) is 5.75 Å². The van der Waals surface area contributed by atoms with Crippen molar-refractivity contribution >= 4 is 27.4 Å². The van der Waals surface area contributed by atoms with Gasteiger partial charge >= 0.3 is 0 Å². The molecular weight excluding hydrogens is 386 g/mol. The summed E-state index contributed by atoms with van der Waals surface area (Å²) < 4.78 is 5.67. The number of nitro groups is 1. The Hall–Kier alpha value is -2.21. The smallest absolute Gasteiger partial charge is 0.269 e. The number of unbranched alkanes of at least 4 members (excludes halogenated alkanes) is 3. The van der Waals surface area contributed by atoms with Crippen molar-refractivity contribution in [3.05, 3.63) is 69.8 Å². The summed E-state index contributed by atoms with van der Waals surface area (Å²) in [5.41, 5.74) is 0.918. The lowest BCUT2D eigenvalue weighted by molar-refractivity contribution is -0.384. The average Bonchev–Trinajstić information content (AvgIpc) is 2.64. The number of nitrogens with zero attached hydrogens (tertiary/aromatic N) is 1. The summed E-state index contributed by atoms with van der Waals surface area (Å²) in [7, 11) is 0. The van der Waals surface area contributed by atoms with Crippen LogP contribution in [0.15, 0.2) is 48.5 Å². The Bertz CT molecular complexity index is 698. The van der Waals surface area contributed by atoms with Gasteiger partial charge in [-0.2, -0.15) is 0 Å². The van der Waals surface area contributed by atoms with Crippen LogP contribution in [0.4, 0.5) is 5.69 Å². The van der Waals surface area contributed by atoms with E-state index in [1.165, 1.54) is 37.1 Å². The van der Waals surface area contributed by atoms with E-state index >= 15 is 0 Å². The Morgan fingerprint density at radius 1 is 0.920 bits per heavy atom. The maximum atomic E-state index is 12.4. The molecule has 0 N–H and O–H groups in total. The van der Waals surface area contributed by atoms with Gasteiger partial charge < -0.3 is 4.74 Å². The van der Waals surface area contributed by atoms with Crippen LogP contribution in [0.2, 0.25) is 0 Å². The molecule has 0 unspecified atom stereocenters. The Kier molecular flexibility index (Phi) is 7.60. The lowest BCUT2D eigenvalue weighted by Gasteiger charge is -2.07. The highest BCUT2D eigenvalue weighted by atomic mass is 79.9. The van der Waals surface area contributed by atoms with Crippen molar-refractivity contribution in [2.75, 3.05) is 11.9 Å². The predicted octanol–water partition coefficient (Wildman–Crippen LogP) is 5.16. The third kappa shape index (κ3) is 5.98. The van der Waals surface area contributed by atoms with Crippen molar-refractivity contribution in [1.29, 1.82) is 0 Å². The molecule has 2 aromatic carbocycles. The first kappa shape index (κ1) is 19.1. The maximum Gasteiger partial charge on any atom is 0.269 e. The minimum Gasteiger partial charge on any atom is -0.494 e. The molecule has 132 valence electrons. The summed E-state index contributed by atoms with van der Waals surface area (Å²) in [5.74, 6) is 0.567. The third-order valence-electron chi connectivity index (χ3n) is 3.75.